The van der Waals surface area contributed by atoms with E-state index < -0.39 is 28.6 Å². The average molecular weight is 456 g/mol. The molecule has 164 valence electrons. The van der Waals surface area contributed by atoms with E-state index in [0.717, 1.165) is 12.1 Å². The number of nitrogens with zero attached hydrogens (tertiary/aromatic N) is 1. The molecule has 0 spiro atoms. The normalized spacial score (nSPS) is 11.1. The average Bonchev–Trinajstić information content (AvgIpc) is 2.73. The number of halogens is 4. The van der Waals surface area contributed by atoms with Crippen molar-refractivity contribution in [2.75, 3.05) is 19.0 Å². The molecule has 11 heteroatoms. The molecule has 0 saturated heterocycles. The Hall–Kier alpha value is -3.53. The van der Waals surface area contributed by atoms with E-state index in [0.29, 0.717) is 23.1 Å². The SMILES string of the molecule is C=CCOc1ccc(/C=N\NC(=O)C(=O)Nc2ccc(Cl)c(C(F)(F)F)c2)cc1OC. The highest BCUT2D eigenvalue weighted by Gasteiger charge is 2.33. The van der Waals surface area contributed by atoms with Gasteiger partial charge in [0.05, 0.1) is 23.9 Å². The third-order valence-electron chi connectivity index (χ3n) is 3.66. The summed E-state index contributed by atoms with van der Waals surface area (Å²) in [6.07, 6.45) is -1.89. The highest BCUT2D eigenvalue weighted by molar-refractivity contribution is 6.39. The molecular formula is C20H17ClF3N3O4. The second kappa shape index (κ2) is 10.5. The monoisotopic (exact) mass is 455 g/mol. The van der Waals surface area contributed by atoms with E-state index in [1.807, 2.05) is 10.7 Å². The number of methoxy groups -OCH3 is 1. The molecule has 2 amide bonds. The van der Waals surface area contributed by atoms with Crippen LogP contribution in [0.2, 0.25) is 5.02 Å². The summed E-state index contributed by atoms with van der Waals surface area (Å²) in [7, 11) is 1.45. The molecule has 0 aliphatic rings. The maximum atomic E-state index is 12.9. The lowest BCUT2D eigenvalue weighted by Gasteiger charge is -2.11. The molecule has 0 saturated carbocycles. The van der Waals surface area contributed by atoms with Crippen LogP contribution in [0.1, 0.15) is 11.1 Å². The maximum absolute atomic E-state index is 12.9. The van der Waals surface area contributed by atoms with E-state index in [-0.39, 0.29) is 12.3 Å². The summed E-state index contributed by atoms with van der Waals surface area (Å²) in [5.74, 6) is -1.50. The lowest BCUT2D eigenvalue weighted by molar-refractivity contribution is -0.137. The number of hydrazone groups is 1. The molecule has 0 unspecified atom stereocenters. The number of ether oxygens (including phenoxy) is 2. The molecule has 0 aromatic heterocycles. The zero-order valence-electron chi connectivity index (χ0n) is 16.1. The second-order valence-corrected chi connectivity index (χ2v) is 6.26. The van der Waals surface area contributed by atoms with Gasteiger partial charge in [-0.2, -0.15) is 18.3 Å². The van der Waals surface area contributed by atoms with E-state index >= 15 is 0 Å². The first-order valence-electron chi connectivity index (χ1n) is 8.58. The number of carbonyl (C=O) groups is 2. The maximum Gasteiger partial charge on any atom is 0.417 e. The molecule has 2 N–H and O–H groups in total. The first kappa shape index (κ1) is 23.7. The molecule has 2 aromatic carbocycles. The standard InChI is InChI=1S/C20H17ClF3N3O4/c1-3-8-31-16-7-4-12(9-17(16)30-2)11-25-27-19(29)18(28)26-13-5-6-15(21)14(10-13)20(22,23)24/h3-7,9-11H,1,8H2,2H3,(H,26,28)(H,27,29)/b25-11-. The van der Waals surface area contributed by atoms with Crippen LogP contribution in [-0.2, 0) is 15.8 Å². The summed E-state index contributed by atoms with van der Waals surface area (Å²) in [6, 6.07) is 7.56. The number of rotatable bonds is 7. The summed E-state index contributed by atoms with van der Waals surface area (Å²) >= 11 is 5.51. The molecule has 0 radical (unpaired) electrons. The zero-order valence-corrected chi connectivity index (χ0v) is 16.9. The minimum absolute atomic E-state index is 0.249. The van der Waals surface area contributed by atoms with Crippen molar-refractivity contribution in [3.63, 3.8) is 0 Å². The van der Waals surface area contributed by atoms with Crippen LogP contribution >= 0.6 is 11.6 Å². The Kier molecular flexibility index (Phi) is 8.03. The molecule has 7 nitrogen and oxygen atoms in total. The van der Waals surface area contributed by atoms with Gasteiger partial charge in [0.1, 0.15) is 6.61 Å². The molecule has 0 atom stereocenters. The van der Waals surface area contributed by atoms with Crippen LogP contribution < -0.4 is 20.2 Å². The van der Waals surface area contributed by atoms with Gasteiger partial charge in [0, 0.05) is 5.69 Å². The van der Waals surface area contributed by atoms with Gasteiger partial charge in [-0.25, -0.2) is 5.43 Å². The third kappa shape index (κ3) is 6.75. The molecule has 0 aliphatic carbocycles. The minimum atomic E-state index is -4.71. The van der Waals surface area contributed by atoms with Gasteiger partial charge in [0.15, 0.2) is 11.5 Å². The van der Waals surface area contributed by atoms with Gasteiger partial charge >= 0.3 is 18.0 Å². The number of carbonyl (C=O) groups excluding carboxylic acids is 2. The number of hydrogen-bond acceptors (Lipinski definition) is 5. The van der Waals surface area contributed by atoms with Gasteiger partial charge in [-0.3, -0.25) is 9.59 Å². The van der Waals surface area contributed by atoms with Crippen molar-refractivity contribution in [3.8, 4) is 11.5 Å². The van der Waals surface area contributed by atoms with Crippen LogP contribution in [0.25, 0.3) is 0 Å². The van der Waals surface area contributed by atoms with Gasteiger partial charge in [-0.05, 0) is 42.0 Å². The van der Waals surface area contributed by atoms with Crippen LogP contribution in [-0.4, -0.2) is 31.7 Å². The Bertz CT molecular complexity index is 1010. The first-order valence-corrected chi connectivity index (χ1v) is 8.96. The Morgan fingerprint density at radius 3 is 2.55 bits per heavy atom. The fourth-order valence-corrected chi connectivity index (χ4v) is 2.48. The van der Waals surface area contributed by atoms with Crippen molar-refractivity contribution in [1.29, 1.82) is 0 Å². The Balaban J connectivity index is 2.00. The van der Waals surface area contributed by atoms with Crippen LogP contribution in [0.3, 0.4) is 0 Å². The quantitative estimate of drug-likeness (QED) is 0.285. The Morgan fingerprint density at radius 2 is 1.90 bits per heavy atom. The lowest BCUT2D eigenvalue weighted by Crippen LogP contribution is -2.32. The van der Waals surface area contributed by atoms with E-state index in [1.54, 1.807) is 24.3 Å². The number of benzene rings is 2. The molecule has 2 aromatic rings. The van der Waals surface area contributed by atoms with Crippen molar-refractivity contribution in [1.82, 2.24) is 5.43 Å². The summed E-state index contributed by atoms with van der Waals surface area (Å²) in [5, 5.41) is 5.16. The van der Waals surface area contributed by atoms with Crippen molar-refractivity contribution in [2.24, 2.45) is 5.10 Å². The topological polar surface area (TPSA) is 89.0 Å². The lowest BCUT2D eigenvalue weighted by atomic mass is 10.2. The number of hydrogen-bond donors (Lipinski definition) is 2. The van der Waals surface area contributed by atoms with Crippen LogP contribution in [0, 0.1) is 0 Å². The molecule has 0 aliphatic heterocycles. The molecule has 31 heavy (non-hydrogen) atoms. The van der Waals surface area contributed by atoms with Gasteiger partial charge in [-0.15, -0.1) is 0 Å². The van der Waals surface area contributed by atoms with E-state index in [4.69, 9.17) is 21.1 Å². The number of nitrogens with one attached hydrogen (secondary N) is 2. The van der Waals surface area contributed by atoms with Crippen LogP contribution in [0.4, 0.5) is 18.9 Å². The zero-order chi connectivity index (χ0) is 23.0. The van der Waals surface area contributed by atoms with Crippen molar-refractivity contribution in [3.05, 3.63) is 65.2 Å². The van der Waals surface area contributed by atoms with Gasteiger partial charge in [0.2, 0.25) is 0 Å². The Morgan fingerprint density at radius 1 is 1.16 bits per heavy atom. The smallest absolute Gasteiger partial charge is 0.417 e. The van der Waals surface area contributed by atoms with Crippen molar-refractivity contribution < 1.29 is 32.2 Å². The molecule has 2 rings (SSSR count). The van der Waals surface area contributed by atoms with Gasteiger partial charge < -0.3 is 14.8 Å². The second-order valence-electron chi connectivity index (χ2n) is 5.86. The molecule has 0 heterocycles. The summed E-state index contributed by atoms with van der Waals surface area (Å²) in [4.78, 5) is 23.7. The van der Waals surface area contributed by atoms with Crippen LogP contribution in [0.5, 0.6) is 11.5 Å². The number of alkyl halides is 3. The van der Waals surface area contributed by atoms with E-state index in [9.17, 15) is 22.8 Å². The van der Waals surface area contributed by atoms with Gasteiger partial charge in [-0.1, -0.05) is 24.3 Å². The predicted octanol–water partition coefficient (Wildman–Crippen LogP) is 4.02. The summed E-state index contributed by atoms with van der Waals surface area (Å²) < 4.78 is 49.2. The first-order chi connectivity index (χ1) is 14.7. The van der Waals surface area contributed by atoms with Crippen LogP contribution in [0.15, 0.2) is 54.2 Å². The number of amides is 2. The van der Waals surface area contributed by atoms with Crippen molar-refractivity contribution >= 4 is 35.3 Å². The minimum Gasteiger partial charge on any atom is -0.493 e. The molecule has 0 fully saturated rings. The largest absolute Gasteiger partial charge is 0.493 e. The van der Waals surface area contributed by atoms with E-state index in [2.05, 4.69) is 11.7 Å². The van der Waals surface area contributed by atoms with E-state index in [1.165, 1.54) is 13.3 Å². The predicted molar refractivity (Wildman–Crippen MR) is 110 cm³/mol. The van der Waals surface area contributed by atoms with Gasteiger partial charge in [0.25, 0.3) is 0 Å². The number of anilines is 1. The molecular weight excluding hydrogens is 439 g/mol. The fourth-order valence-electron chi connectivity index (χ4n) is 2.26. The highest BCUT2D eigenvalue weighted by atomic mass is 35.5. The molecule has 0 bridgehead atoms. The van der Waals surface area contributed by atoms with Crippen molar-refractivity contribution in [2.45, 2.75) is 6.18 Å². The Labute approximate surface area is 180 Å². The summed E-state index contributed by atoms with van der Waals surface area (Å²) in [6.45, 7) is 3.83. The fraction of sp³-hybridized carbons (Fsp3) is 0.150. The highest BCUT2D eigenvalue weighted by Crippen LogP contribution is 2.36. The summed E-state index contributed by atoms with van der Waals surface area (Å²) in [5.41, 5.74) is 1.11. The third-order valence-corrected chi connectivity index (χ3v) is 3.99.